The van der Waals surface area contributed by atoms with Gasteiger partial charge >= 0.3 is 0 Å². The molecule has 2 aliphatic carbocycles. The average molecular weight is 1260 g/mol. The van der Waals surface area contributed by atoms with Crippen molar-refractivity contribution in [3.8, 4) is 89.3 Å². The molecule has 0 N–H and O–H groups in total. The molecule has 0 aliphatic heterocycles. The molecule has 0 saturated carbocycles. The molecule has 16 aromatic carbocycles. The molecule has 0 amide bonds. The first-order valence-electron chi connectivity index (χ1n) is 35.1. The van der Waals surface area contributed by atoms with Gasteiger partial charge in [-0.25, -0.2) is 0 Å². The van der Waals surface area contributed by atoms with E-state index in [0.717, 1.165) is 11.4 Å². The first kappa shape index (κ1) is 57.4. The van der Waals surface area contributed by atoms with Crippen LogP contribution >= 0.6 is 0 Å². The Kier molecular flexibility index (Phi) is 12.4. The third-order valence-electron chi connectivity index (χ3n) is 22.7. The van der Waals surface area contributed by atoms with E-state index in [9.17, 15) is 0 Å². The summed E-state index contributed by atoms with van der Waals surface area (Å²) in [6, 6.07) is 118. The molecule has 2 aliphatic rings. The summed E-state index contributed by atoms with van der Waals surface area (Å²) in [5.74, 6) is 0.367. The van der Waals surface area contributed by atoms with Gasteiger partial charge in [-0.3, -0.25) is 0 Å². The Morgan fingerprint density at radius 2 is 0.576 bits per heavy atom. The Morgan fingerprint density at radius 3 is 1.12 bits per heavy atom. The highest BCUT2D eigenvalue weighted by Crippen LogP contribution is 2.55. The van der Waals surface area contributed by atoms with Gasteiger partial charge in [0.1, 0.15) is 0 Å². The van der Waals surface area contributed by atoms with Crippen LogP contribution in [0.2, 0.25) is 0 Å². The molecule has 18 aromatic rings. The molecule has 0 atom stereocenters. The van der Waals surface area contributed by atoms with Gasteiger partial charge in [-0.05, 0) is 240 Å². The second-order valence-electron chi connectivity index (χ2n) is 29.4. The minimum absolute atomic E-state index is 0.202. The first-order valence-corrected chi connectivity index (χ1v) is 35.1. The van der Waals surface area contributed by atoms with Crippen LogP contribution in [-0.4, -0.2) is 9.13 Å². The zero-order chi connectivity index (χ0) is 66.2. The molecule has 0 spiro atoms. The van der Waals surface area contributed by atoms with E-state index in [1.807, 2.05) is 0 Å². The maximum Gasteiger partial charge on any atom is 0.0547 e. The fourth-order valence-corrected chi connectivity index (χ4v) is 17.7. The van der Waals surface area contributed by atoms with E-state index in [0.29, 0.717) is 5.92 Å². The van der Waals surface area contributed by atoms with E-state index < -0.39 is 0 Å². The van der Waals surface area contributed by atoms with Gasteiger partial charge in [0, 0.05) is 43.7 Å². The highest BCUT2D eigenvalue weighted by atomic mass is 15.0. The zero-order valence-electron chi connectivity index (χ0n) is 56.4. The summed E-state index contributed by atoms with van der Waals surface area (Å²) in [5, 5.41) is 15.2. The van der Waals surface area contributed by atoms with E-state index in [-0.39, 0.29) is 10.8 Å². The van der Waals surface area contributed by atoms with Crippen LogP contribution in [-0.2, 0) is 10.8 Å². The van der Waals surface area contributed by atoms with E-state index in [1.54, 1.807) is 0 Å². The van der Waals surface area contributed by atoms with E-state index in [2.05, 4.69) is 360 Å². The summed E-state index contributed by atoms with van der Waals surface area (Å²) in [6.07, 6.45) is 0. The predicted molar refractivity (Wildman–Crippen MR) is 422 cm³/mol. The van der Waals surface area contributed by atoms with Crippen LogP contribution in [0, 0.1) is 0 Å². The molecule has 20 rings (SSSR count). The van der Waals surface area contributed by atoms with E-state index in [4.69, 9.17) is 0 Å². The van der Waals surface area contributed by atoms with Crippen LogP contribution in [0.3, 0.4) is 0 Å². The number of rotatable bonds is 8. The van der Waals surface area contributed by atoms with Crippen molar-refractivity contribution < 1.29 is 0 Å². The van der Waals surface area contributed by atoms with Gasteiger partial charge in [0.2, 0.25) is 0 Å². The third-order valence-corrected chi connectivity index (χ3v) is 22.7. The van der Waals surface area contributed by atoms with Crippen molar-refractivity contribution in [2.24, 2.45) is 0 Å². The third kappa shape index (κ3) is 8.75. The van der Waals surface area contributed by atoms with E-state index >= 15 is 0 Å². The van der Waals surface area contributed by atoms with Crippen LogP contribution in [0.25, 0.3) is 176 Å². The minimum atomic E-state index is -0.243. The Labute approximate surface area is 577 Å². The van der Waals surface area contributed by atoms with Crippen molar-refractivity contribution in [2.45, 2.75) is 58.3 Å². The second kappa shape index (κ2) is 21.3. The molecule has 2 nitrogen and oxygen atoms in total. The quantitative estimate of drug-likeness (QED) is 0.143. The molecule has 0 radical (unpaired) electrons. The molecule has 0 saturated heterocycles. The summed E-state index contributed by atoms with van der Waals surface area (Å²) >= 11 is 0. The van der Waals surface area contributed by atoms with Crippen molar-refractivity contribution in [3.05, 3.63) is 337 Å². The average Bonchev–Trinajstić information content (AvgIpc) is 1.57. The summed E-state index contributed by atoms with van der Waals surface area (Å²) in [6.45, 7) is 14.3. The molecule has 468 valence electrons. The standard InChI is InChI=1S/C97H70N2/c1-58(2)72-49-73(67-32-31-64-46-63(29-30-65(64)47-67)62-28-27-59-17-7-8-19-61(59)45-62)51-74(50-72)68-35-40-81-87-44-38-71-48-66(34-39-79(71)95(87)97(5,6)88(81)54-68)70-37-42-85-84-23-13-16-26-92(84)99(93(85)56-70)77-53-75(52-76(57-77)98-90-24-14-11-21-82(90)83-22-12-15-25-91(83)98)69-36-41-80-86-43-33-60-18-9-10-20-78(60)94(86)96(3,4)89(80)55-69/h7-58H,1-6H3. The number of hydrogen-bond donors (Lipinski definition) is 0. The maximum atomic E-state index is 2.53. The van der Waals surface area contributed by atoms with Crippen molar-refractivity contribution in [3.63, 3.8) is 0 Å². The first-order chi connectivity index (χ1) is 48.4. The molecule has 2 heteroatoms. The van der Waals surface area contributed by atoms with Crippen molar-refractivity contribution in [1.82, 2.24) is 9.13 Å². The highest BCUT2D eigenvalue weighted by Gasteiger charge is 2.39. The van der Waals surface area contributed by atoms with Gasteiger partial charge in [0.05, 0.1) is 22.1 Å². The summed E-state index contributed by atoms with van der Waals surface area (Å²) in [4.78, 5) is 0. The van der Waals surface area contributed by atoms with Crippen LogP contribution in [0.15, 0.2) is 309 Å². The molecule has 0 bridgehead atoms. The lowest BCUT2D eigenvalue weighted by atomic mass is 9.79. The van der Waals surface area contributed by atoms with Crippen molar-refractivity contribution >= 4 is 86.7 Å². The van der Waals surface area contributed by atoms with Gasteiger partial charge < -0.3 is 9.13 Å². The molecule has 99 heavy (non-hydrogen) atoms. The maximum absolute atomic E-state index is 2.53. The molecule has 0 fully saturated rings. The highest BCUT2D eigenvalue weighted by molar-refractivity contribution is 6.12. The lowest BCUT2D eigenvalue weighted by Gasteiger charge is -2.24. The SMILES string of the molecule is CC(C)c1cc(-c2ccc3c(c2)C(C)(C)c2c-3ccc3cc(-c4ccc5c6ccccc6n(-c6cc(-c7ccc8c(c7)C(C)(C)c7c-8ccc8ccccc78)cc(-n7c8ccccc8c8ccccc87)c6)c5c4)ccc23)cc(-c2ccc3cc(-c4ccc5ccccc5c4)ccc3c2)c1. The fourth-order valence-electron chi connectivity index (χ4n) is 17.7. The van der Waals surface area contributed by atoms with Gasteiger partial charge in [-0.1, -0.05) is 266 Å². The minimum Gasteiger partial charge on any atom is -0.309 e. The normalized spacial score (nSPS) is 13.6. The Balaban J connectivity index is 0.673. The van der Waals surface area contributed by atoms with Gasteiger partial charge in [0.15, 0.2) is 0 Å². The molecule has 2 aromatic heterocycles. The largest absolute Gasteiger partial charge is 0.309 e. The molecule has 0 unspecified atom stereocenters. The summed E-state index contributed by atoms with van der Waals surface area (Å²) in [7, 11) is 0. The van der Waals surface area contributed by atoms with Crippen molar-refractivity contribution in [2.75, 3.05) is 0 Å². The monoisotopic (exact) mass is 1260 g/mol. The van der Waals surface area contributed by atoms with Crippen LogP contribution in [0.1, 0.15) is 75.3 Å². The number of para-hydroxylation sites is 3. The van der Waals surface area contributed by atoms with E-state index in [1.165, 1.54) is 192 Å². The topological polar surface area (TPSA) is 9.86 Å². The lowest BCUT2D eigenvalue weighted by molar-refractivity contribution is 0.666. The fraction of sp³-hybridized carbons (Fsp3) is 0.0928. The molecular formula is C97H70N2. The van der Waals surface area contributed by atoms with Gasteiger partial charge in [-0.15, -0.1) is 0 Å². The Bertz CT molecular complexity index is 6460. The summed E-state index contributed by atoms with van der Waals surface area (Å²) in [5.41, 5.74) is 31.0. The number of aromatic nitrogens is 2. The van der Waals surface area contributed by atoms with Crippen LogP contribution < -0.4 is 0 Å². The van der Waals surface area contributed by atoms with Crippen LogP contribution in [0.4, 0.5) is 0 Å². The smallest absolute Gasteiger partial charge is 0.0547 e. The lowest BCUT2D eigenvalue weighted by Crippen LogP contribution is -2.15. The molecular weight excluding hydrogens is 1190 g/mol. The van der Waals surface area contributed by atoms with Crippen molar-refractivity contribution in [1.29, 1.82) is 0 Å². The number of benzene rings is 16. The number of fused-ring (bicyclic) bond motifs is 18. The van der Waals surface area contributed by atoms with Gasteiger partial charge in [0.25, 0.3) is 0 Å². The summed E-state index contributed by atoms with van der Waals surface area (Å²) < 4.78 is 5.01. The van der Waals surface area contributed by atoms with Gasteiger partial charge in [-0.2, -0.15) is 0 Å². The number of hydrogen-bond acceptors (Lipinski definition) is 0. The predicted octanol–water partition coefficient (Wildman–Crippen LogP) is 26.6. The zero-order valence-corrected chi connectivity index (χ0v) is 56.4. The molecule has 2 heterocycles. The second-order valence-corrected chi connectivity index (χ2v) is 29.4. The number of nitrogens with zero attached hydrogens (tertiary/aromatic N) is 2. The Morgan fingerprint density at radius 1 is 0.232 bits per heavy atom. The Hall–Kier alpha value is -11.8. The van der Waals surface area contributed by atoms with Crippen LogP contribution in [0.5, 0.6) is 0 Å².